The van der Waals surface area contributed by atoms with E-state index in [1.165, 1.54) is 11.3 Å². The highest BCUT2D eigenvalue weighted by Gasteiger charge is 2.04. The SMILES string of the molecule is Cn1c(-c2cccc(O)c2)cs/c1=N/N=C/c1ccccc1. The van der Waals surface area contributed by atoms with Crippen LogP contribution in [0.5, 0.6) is 5.75 Å². The lowest BCUT2D eigenvalue weighted by atomic mass is 10.1. The first-order valence-electron chi connectivity index (χ1n) is 6.80. The van der Waals surface area contributed by atoms with Crippen LogP contribution in [0, 0.1) is 0 Å². The van der Waals surface area contributed by atoms with Gasteiger partial charge in [-0.05, 0) is 17.7 Å². The fourth-order valence-corrected chi connectivity index (χ4v) is 2.93. The summed E-state index contributed by atoms with van der Waals surface area (Å²) in [5.74, 6) is 0.254. The summed E-state index contributed by atoms with van der Waals surface area (Å²) in [7, 11) is 1.94. The van der Waals surface area contributed by atoms with Crippen molar-refractivity contribution in [3.05, 3.63) is 70.3 Å². The van der Waals surface area contributed by atoms with Gasteiger partial charge < -0.3 is 9.67 Å². The molecular weight excluding hydrogens is 294 g/mol. The van der Waals surface area contributed by atoms with Gasteiger partial charge in [-0.25, -0.2) is 0 Å². The third kappa shape index (κ3) is 3.15. The number of aromatic nitrogens is 1. The molecule has 0 atom stereocenters. The zero-order valence-electron chi connectivity index (χ0n) is 12.0. The van der Waals surface area contributed by atoms with Crippen LogP contribution in [0.25, 0.3) is 11.3 Å². The molecule has 1 heterocycles. The number of thiazole rings is 1. The highest BCUT2D eigenvalue weighted by Crippen LogP contribution is 2.22. The molecule has 3 aromatic rings. The Morgan fingerprint density at radius 2 is 1.91 bits per heavy atom. The van der Waals surface area contributed by atoms with E-state index in [2.05, 4.69) is 10.2 Å². The molecule has 2 aromatic carbocycles. The van der Waals surface area contributed by atoms with Crippen molar-refractivity contribution < 1.29 is 5.11 Å². The second kappa shape index (κ2) is 6.41. The lowest BCUT2D eigenvalue weighted by Crippen LogP contribution is -2.10. The molecule has 1 N–H and O–H groups in total. The maximum absolute atomic E-state index is 9.59. The Kier molecular flexibility index (Phi) is 4.16. The second-order valence-electron chi connectivity index (χ2n) is 4.77. The molecule has 4 nitrogen and oxygen atoms in total. The van der Waals surface area contributed by atoms with E-state index in [1.807, 2.05) is 59.5 Å². The summed E-state index contributed by atoms with van der Waals surface area (Å²) in [6.07, 6.45) is 1.73. The average Bonchev–Trinajstić information content (AvgIpc) is 2.90. The summed E-state index contributed by atoms with van der Waals surface area (Å²) in [6.45, 7) is 0. The molecule has 0 fully saturated rings. The van der Waals surface area contributed by atoms with Gasteiger partial charge in [0.2, 0.25) is 4.80 Å². The van der Waals surface area contributed by atoms with Gasteiger partial charge in [0.05, 0.1) is 11.9 Å². The standard InChI is InChI=1S/C17H15N3OS/c1-20-16(14-8-5-9-15(21)10-14)12-22-17(20)19-18-11-13-6-3-2-4-7-13/h2-12,21H,1H3/b18-11+,19-17+. The van der Waals surface area contributed by atoms with Gasteiger partial charge in [-0.2, -0.15) is 5.10 Å². The minimum Gasteiger partial charge on any atom is -0.508 e. The maximum Gasteiger partial charge on any atom is 0.210 e. The van der Waals surface area contributed by atoms with Crippen molar-refractivity contribution in [2.24, 2.45) is 17.3 Å². The Labute approximate surface area is 132 Å². The van der Waals surface area contributed by atoms with Gasteiger partial charge in [-0.15, -0.1) is 16.4 Å². The maximum atomic E-state index is 9.59. The van der Waals surface area contributed by atoms with Crippen LogP contribution in [-0.2, 0) is 7.05 Å². The lowest BCUT2D eigenvalue weighted by molar-refractivity contribution is 0.475. The van der Waals surface area contributed by atoms with Crippen LogP contribution >= 0.6 is 11.3 Å². The van der Waals surface area contributed by atoms with E-state index >= 15 is 0 Å². The van der Waals surface area contributed by atoms with Crippen LogP contribution in [0.3, 0.4) is 0 Å². The van der Waals surface area contributed by atoms with Crippen LogP contribution in [-0.4, -0.2) is 15.9 Å². The molecule has 0 aliphatic rings. The van der Waals surface area contributed by atoms with Gasteiger partial charge in [0, 0.05) is 18.0 Å². The van der Waals surface area contributed by atoms with Crippen molar-refractivity contribution in [2.75, 3.05) is 0 Å². The van der Waals surface area contributed by atoms with Crippen molar-refractivity contribution in [3.8, 4) is 17.0 Å². The summed E-state index contributed by atoms with van der Waals surface area (Å²) in [5, 5.41) is 20.0. The quantitative estimate of drug-likeness (QED) is 0.585. The molecule has 0 unspecified atom stereocenters. The number of aromatic hydroxyl groups is 1. The van der Waals surface area contributed by atoms with Crippen LogP contribution in [0.4, 0.5) is 0 Å². The largest absolute Gasteiger partial charge is 0.508 e. The molecule has 22 heavy (non-hydrogen) atoms. The molecule has 0 aliphatic carbocycles. The number of phenols is 1. The Morgan fingerprint density at radius 3 is 2.68 bits per heavy atom. The first-order valence-corrected chi connectivity index (χ1v) is 7.68. The lowest BCUT2D eigenvalue weighted by Gasteiger charge is -2.02. The Bertz CT molecular complexity index is 863. The molecule has 0 bridgehead atoms. The zero-order chi connectivity index (χ0) is 15.4. The number of nitrogens with zero attached hydrogens (tertiary/aromatic N) is 3. The third-order valence-electron chi connectivity index (χ3n) is 3.22. The summed E-state index contributed by atoms with van der Waals surface area (Å²) in [6, 6.07) is 17.0. The molecule has 0 aliphatic heterocycles. The van der Waals surface area contributed by atoms with E-state index in [1.54, 1.807) is 18.3 Å². The first-order chi connectivity index (χ1) is 10.7. The van der Waals surface area contributed by atoms with Gasteiger partial charge in [0.15, 0.2) is 0 Å². The smallest absolute Gasteiger partial charge is 0.210 e. The number of phenolic OH excluding ortho intramolecular Hbond substituents is 1. The van der Waals surface area contributed by atoms with Crippen LogP contribution < -0.4 is 4.80 Å². The molecule has 110 valence electrons. The number of hydrogen-bond donors (Lipinski definition) is 1. The van der Waals surface area contributed by atoms with Crippen LogP contribution in [0.15, 0.2) is 70.2 Å². The summed E-state index contributed by atoms with van der Waals surface area (Å²) in [5.41, 5.74) is 2.96. The Hall–Kier alpha value is -2.66. The molecule has 0 amide bonds. The van der Waals surface area contributed by atoms with E-state index in [4.69, 9.17) is 0 Å². The summed E-state index contributed by atoms with van der Waals surface area (Å²) < 4.78 is 1.96. The fraction of sp³-hybridized carbons (Fsp3) is 0.0588. The zero-order valence-corrected chi connectivity index (χ0v) is 12.9. The number of rotatable bonds is 3. The van der Waals surface area contributed by atoms with Crippen molar-refractivity contribution in [1.82, 2.24) is 4.57 Å². The molecule has 0 spiro atoms. The van der Waals surface area contributed by atoms with Gasteiger partial charge in [0.25, 0.3) is 0 Å². The van der Waals surface area contributed by atoms with Crippen molar-refractivity contribution in [1.29, 1.82) is 0 Å². The average molecular weight is 309 g/mol. The Balaban J connectivity index is 1.90. The van der Waals surface area contributed by atoms with Crippen LogP contribution in [0.1, 0.15) is 5.56 Å². The van der Waals surface area contributed by atoms with E-state index in [0.29, 0.717) is 0 Å². The molecule has 0 radical (unpaired) electrons. The van der Waals surface area contributed by atoms with E-state index < -0.39 is 0 Å². The second-order valence-corrected chi connectivity index (χ2v) is 5.60. The monoisotopic (exact) mass is 309 g/mol. The topological polar surface area (TPSA) is 49.9 Å². The molecule has 0 saturated carbocycles. The third-order valence-corrected chi connectivity index (χ3v) is 4.12. The van der Waals surface area contributed by atoms with Crippen molar-refractivity contribution in [3.63, 3.8) is 0 Å². The Morgan fingerprint density at radius 1 is 1.09 bits per heavy atom. The van der Waals surface area contributed by atoms with E-state index in [0.717, 1.165) is 21.6 Å². The van der Waals surface area contributed by atoms with Gasteiger partial charge >= 0.3 is 0 Å². The fourth-order valence-electron chi connectivity index (χ4n) is 2.07. The number of benzene rings is 2. The van der Waals surface area contributed by atoms with Gasteiger partial charge in [-0.3, -0.25) is 0 Å². The molecule has 3 rings (SSSR count). The minimum absolute atomic E-state index is 0.254. The summed E-state index contributed by atoms with van der Waals surface area (Å²) in [4.78, 5) is 0.797. The predicted molar refractivity (Wildman–Crippen MR) is 90.0 cm³/mol. The normalized spacial score (nSPS) is 12.1. The van der Waals surface area contributed by atoms with Crippen molar-refractivity contribution >= 4 is 17.6 Å². The van der Waals surface area contributed by atoms with Crippen LogP contribution in [0.2, 0.25) is 0 Å². The molecular formula is C17H15N3OS. The molecule has 5 heteroatoms. The molecule has 0 saturated heterocycles. The summed E-state index contributed by atoms with van der Waals surface area (Å²) >= 11 is 1.51. The van der Waals surface area contributed by atoms with Gasteiger partial charge in [-0.1, -0.05) is 42.5 Å². The van der Waals surface area contributed by atoms with E-state index in [-0.39, 0.29) is 5.75 Å². The van der Waals surface area contributed by atoms with Gasteiger partial charge in [0.1, 0.15) is 5.75 Å². The van der Waals surface area contributed by atoms with E-state index in [9.17, 15) is 5.11 Å². The predicted octanol–water partition coefficient (Wildman–Crippen LogP) is 3.39. The number of hydrogen-bond acceptors (Lipinski definition) is 4. The first kappa shape index (κ1) is 14.3. The highest BCUT2D eigenvalue weighted by atomic mass is 32.1. The minimum atomic E-state index is 0.254. The van der Waals surface area contributed by atoms with Crippen molar-refractivity contribution in [2.45, 2.75) is 0 Å². The molecule has 1 aromatic heterocycles. The highest BCUT2D eigenvalue weighted by molar-refractivity contribution is 7.07.